The van der Waals surface area contributed by atoms with Crippen molar-refractivity contribution in [2.75, 3.05) is 13.2 Å². The maximum atomic E-state index is 14.0. The van der Waals surface area contributed by atoms with Crippen molar-refractivity contribution in [1.29, 1.82) is 0 Å². The zero-order valence-corrected chi connectivity index (χ0v) is 10.1. The summed E-state index contributed by atoms with van der Waals surface area (Å²) in [7, 11) is 0. The second kappa shape index (κ2) is 4.45. The van der Waals surface area contributed by atoms with Crippen LogP contribution in [0.25, 0.3) is 0 Å². The van der Waals surface area contributed by atoms with Crippen LogP contribution in [0.15, 0.2) is 6.07 Å². The van der Waals surface area contributed by atoms with Crippen molar-refractivity contribution in [2.45, 2.75) is 18.9 Å². The quantitative estimate of drug-likeness (QED) is 0.857. The average molecular weight is 269 g/mol. The molecule has 0 radical (unpaired) electrons. The molecule has 0 bridgehead atoms. The first-order valence-corrected chi connectivity index (χ1v) is 6.17. The van der Waals surface area contributed by atoms with Crippen molar-refractivity contribution in [3.8, 4) is 5.75 Å². The van der Waals surface area contributed by atoms with Gasteiger partial charge in [0.25, 0.3) is 0 Å². The number of halogens is 2. The van der Waals surface area contributed by atoms with E-state index in [0.717, 1.165) is 6.07 Å². The lowest BCUT2D eigenvalue weighted by atomic mass is 9.96. The van der Waals surface area contributed by atoms with Gasteiger partial charge in [0.2, 0.25) is 0 Å². The maximum Gasteiger partial charge on any atom is 0.307 e. The summed E-state index contributed by atoms with van der Waals surface area (Å²) in [5, 5.41) is 11.9. The Bertz CT molecular complexity index is 547. The van der Waals surface area contributed by atoms with Crippen LogP contribution >= 0.6 is 0 Å². The van der Waals surface area contributed by atoms with E-state index in [1.165, 1.54) is 0 Å². The van der Waals surface area contributed by atoms with Gasteiger partial charge in [-0.25, -0.2) is 8.78 Å². The predicted octanol–water partition coefficient (Wildman–Crippen LogP) is 1.63. The average Bonchev–Trinajstić information content (AvgIpc) is 2.97. The van der Waals surface area contributed by atoms with E-state index in [0.29, 0.717) is 18.6 Å². The summed E-state index contributed by atoms with van der Waals surface area (Å²) in [5.74, 6) is -2.48. The Balaban J connectivity index is 1.98. The Hall–Kier alpha value is -1.69. The Kier molecular flexibility index (Phi) is 2.89. The highest BCUT2D eigenvalue weighted by molar-refractivity contribution is 5.71. The molecule has 0 amide bonds. The standard InChI is InChI=1S/C13H13F2NO3/c14-8-4-9(15)11(12-7(8)1-2-19-12)10-3-6(5-16-10)13(17)18/h4,6,10,16H,1-3,5H2,(H,17,18). The van der Waals surface area contributed by atoms with Crippen molar-refractivity contribution in [3.63, 3.8) is 0 Å². The van der Waals surface area contributed by atoms with Crippen molar-refractivity contribution in [1.82, 2.24) is 5.32 Å². The number of hydrogen-bond donors (Lipinski definition) is 2. The van der Waals surface area contributed by atoms with Crippen LogP contribution in [0.1, 0.15) is 23.6 Å². The van der Waals surface area contributed by atoms with Gasteiger partial charge in [-0.3, -0.25) is 4.79 Å². The van der Waals surface area contributed by atoms with Gasteiger partial charge < -0.3 is 15.2 Å². The number of carbonyl (C=O) groups is 1. The number of ether oxygens (including phenoxy) is 1. The molecule has 19 heavy (non-hydrogen) atoms. The molecule has 2 atom stereocenters. The normalized spacial score (nSPS) is 25.2. The molecular formula is C13H13F2NO3. The zero-order chi connectivity index (χ0) is 13.6. The van der Waals surface area contributed by atoms with Crippen LogP contribution in [-0.4, -0.2) is 24.2 Å². The van der Waals surface area contributed by atoms with Crippen molar-refractivity contribution in [3.05, 3.63) is 28.8 Å². The van der Waals surface area contributed by atoms with Crippen molar-refractivity contribution in [2.24, 2.45) is 5.92 Å². The van der Waals surface area contributed by atoms with Gasteiger partial charge in [-0.1, -0.05) is 0 Å². The first-order chi connectivity index (χ1) is 9.08. The lowest BCUT2D eigenvalue weighted by Gasteiger charge is -2.16. The Morgan fingerprint density at radius 1 is 1.42 bits per heavy atom. The number of rotatable bonds is 2. The molecule has 0 aliphatic carbocycles. The van der Waals surface area contributed by atoms with Gasteiger partial charge >= 0.3 is 5.97 Å². The molecule has 2 aliphatic rings. The highest BCUT2D eigenvalue weighted by atomic mass is 19.1. The molecule has 2 unspecified atom stereocenters. The molecule has 2 N–H and O–H groups in total. The number of carboxylic acids is 1. The van der Waals surface area contributed by atoms with Gasteiger partial charge in [-0.15, -0.1) is 0 Å². The maximum absolute atomic E-state index is 14.0. The summed E-state index contributed by atoms with van der Waals surface area (Å²) < 4.78 is 32.9. The fraction of sp³-hybridized carbons (Fsp3) is 0.462. The summed E-state index contributed by atoms with van der Waals surface area (Å²) in [6, 6.07) is 0.423. The summed E-state index contributed by atoms with van der Waals surface area (Å²) in [6.45, 7) is 0.614. The van der Waals surface area contributed by atoms with Crippen LogP contribution in [0.2, 0.25) is 0 Å². The third kappa shape index (κ3) is 1.96. The molecule has 1 aromatic carbocycles. The Morgan fingerprint density at radius 3 is 2.89 bits per heavy atom. The van der Waals surface area contributed by atoms with E-state index in [2.05, 4.69) is 5.32 Å². The topological polar surface area (TPSA) is 58.6 Å². The third-order valence-corrected chi connectivity index (χ3v) is 3.74. The van der Waals surface area contributed by atoms with Gasteiger partial charge in [0, 0.05) is 36.2 Å². The molecule has 1 saturated heterocycles. The number of carboxylic acid groups (broad SMARTS) is 1. The smallest absolute Gasteiger partial charge is 0.307 e. The Labute approximate surface area is 108 Å². The number of benzene rings is 1. The van der Waals surface area contributed by atoms with E-state index >= 15 is 0 Å². The molecule has 0 aromatic heterocycles. The molecule has 2 heterocycles. The molecule has 0 saturated carbocycles. The molecule has 3 rings (SSSR count). The summed E-state index contributed by atoms with van der Waals surface area (Å²) >= 11 is 0. The lowest BCUT2D eigenvalue weighted by Crippen LogP contribution is -2.18. The van der Waals surface area contributed by atoms with E-state index in [9.17, 15) is 13.6 Å². The van der Waals surface area contributed by atoms with Gasteiger partial charge in [0.1, 0.15) is 17.4 Å². The molecule has 102 valence electrons. The van der Waals surface area contributed by atoms with Gasteiger partial charge in [0.05, 0.1) is 12.5 Å². The van der Waals surface area contributed by atoms with E-state index in [4.69, 9.17) is 9.84 Å². The van der Waals surface area contributed by atoms with Crippen molar-refractivity contribution >= 4 is 5.97 Å². The minimum Gasteiger partial charge on any atom is -0.492 e. The minimum absolute atomic E-state index is 0.251. The fourth-order valence-corrected chi connectivity index (χ4v) is 2.78. The van der Waals surface area contributed by atoms with Crippen molar-refractivity contribution < 1.29 is 23.4 Å². The van der Waals surface area contributed by atoms with E-state index in [1.54, 1.807) is 0 Å². The molecule has 4 nitrogen and oxygen atoms in total. The third-order valence-electron chi connectivity index (χ3n) is 3.74. The SMILES string of the molecule is O=C(O)C1CNC(c2c(F)cc(F)c3c2OCC3)C1. The largest absolute Gasteiger partial charge is 0.492 e. The Morgan fingerprint density at radius 2 is 2.21 bits per heavy atom. The van der Waals surface area contributed by atoms with Crippen LogP contribution in [0.5, 0.6) is 5.75 Å². The molecule has 1 aromatic rings. The van der Waals surface area contributed by atoms with Crippen LogP contribution in [0, 0.1) is 17.6 Å². The molecule has 6 heteroatoms. The fourth-order valence-electron chi connectivity index (χ4n) is 2.78. The van der Waals surface area contributed by atoms with E-state index < -0.39 is 29.6 Å². The second-order valence-corrected chi connectivity index (χ2v) is 4.89. The molecule has 1 fully saturated rings. The van der Waals surface area contributed by atoms with Crippen LogP contribution in [-0.2, 0) is 11.2 Å². The zero-order valence-electron chi connectivity index (χ0n) is 10.1. The number of hydrogen-bond acceptors (Lipinski definition) is 3. The number of fused-ring (bicyclic) bond motifs is 1. The summed E-state index contributed by atoms with van der Waals surface area (Å²) in [4.78, 5) is 10.9. The van der Waals surface area contributed by atoms with Gasteiger partial charge in [0.15, 0.2) is 0 Å². The van der Waals surface area contributed by atoms with E-state index in [1.807, 2.05) is 0 Å². The summed E-state index contributed by atoms with van der Waals surface area (Å²) in [5.41, 5.74) is 0.648. The first-order valence-electron chi connectivity index (χ1n) is 6.17. The monoisotopic (exact) mass is 269 g/mol. The highest BCUT2D eigenvalue weighted by Crippen LogP contribution is 2.40. The lowest BCUT2D eigenvalue weighted by molar-refractivity contribution is -0.141. The highest BCUT2D eigenvalue weighted by Gasteiger charge is 2.36. The second-order valence-electron chi connectivity index (χ2n) is 4.89. The van der Waals surface area contributed by atoms with Gasteiger partial charge in [-0.05, 0) is 6.42 Å². The van der Waals surface area contributed by atoms with Crippen LogP contribution in [0.3, 0.4) is 0 Å². The van der Waals surface area contributed by atoms with Crippen LogP contribution in [0.4, 0.5) is 8.78 Å². The molecule has 0 spiro atoms. The predicted molar refractivity (Wildman–Crippen MR) is 62.0 cm³/mol. The van der Waals surface area contributed by atoms with E-state index in [-0.39, 0.29) is 24.3 Å². The van der Waals surface area contributed by atoms with Crippen LogP contribution < -0.4 is 10.1 Å². The summed E-state index contributed by atoms with van der Waals surface area (Å²) in [6.07, 6.45) is 0.706. The van der Waals surface area contributed by atoms with Gasteiger partial charge in [-0.2, -0.15) is 0 Å². The number of aliphatic carboxylic acids is 1. The minimum atomic E-state index is -0.907. The molecular weight excluding hydrogens is 256 g/mol. The number of nitrogens with one attached hydrogen (secondary N) is 1. The first kappa shape index (κ1) is 12.3. The molecule has 2 aliphatic heterocycles.